The van der Waals surface area contributed by atoms with E-state index in [0.29, 0.717) is 25.1 Å². The first kappa shape index (κ1) is 21.2. The van der Waals surface area contributed by atoms with Crippen LogP contribution in [0.3, 0.4) is 0 Å². The van der Waals surface area contributed by atoms with Gasteiger partial charge in [0.2, 0.25) is 0 Å². The number of nitrogens with one attached hydrogen (secondary N) is 1. The van der Waals surface area contributed by atoms with Crippen LogP contribution in [0, 0.1) is 0 Å². The molecule has 4 heterocycles. The van der Waals surface area contributed by atoms with Crippen molar-refractivity contribution < 1.29 is 9.84 Å². The molecule has 2 saturated heterocycles. The van der Waals surface area contributed by atoms with Gasteiger partial charge in [-0.3, -0.25) is 9.58 Å². The number of nitrogens with zero attached hydrogens (tertiary/aromatic N) is 5. The lowest BCUT2D eigenvalue weighted by molar-refractivity contribution is 0.0589. The maximum Gasteiger partial charge on any atom is 0.119 e. The van der Waals surface area contributed by atoms with Crippen LogP contribution >= 0.6 is 0 Å². The Balaban J connectivity index is 1.03. The highest BCUT2D eigenvalue weighted by molar-refractivity contribution is 5.28. The molecular weight excluding hydrogens is 404 g/mol. The van der Waals surface area contributed by atoms with E-state index in [4.69, 9.17) is 4.74 Å². The van der Waals surface area contributed by atoms with Gasteiger partial charge in [-0.2, -0.15) is 5.10 Å². The Labute approximate surface area is 188 Å². The standard InChI is InChI=1S/C24H32N6O2/c31-22(17-28-11-5-20(6-12-28)24-25-8-9-26-24)18-32-23-4-1-3-19(13-23)14-29-15-21(16-29)30-10-2-7-27-30/h1-4,7-10,13,20-22,31H,5-6,11-12,14-18H2,(H,25,26). The number of hydrogen-bond acceptors (Lipinski definition) is 6. The monoisotopic (exact) mass is 436 g/mol. The van der Waals surface area contributed by atoms with E-state index in [2.05, 4.69) is 37.0 Å². The Morgan fingerprint density at radius 1 is 1.12 bits per heavy atom. The summed E-state index contributed by atoms with van der Waals surface area (Å²) in [6.45, 7) is 5.85. The first-order chi connectivity index (χ1) is 15.7. The number of aliphatic hydroxyl groups is 1. The molecule has 0 spiro atoms. The minimum absolute atomic E-state index is 0.312. The molecule has 0 amide bonds. The van der Waals surface area contributed by atoms with Crippen molar-refractivity contribution in [3.8, 4) is 5.75 Å². The van der Waals surface area contributed by atoms with Crippen LogP contribution < -0.4 is 4.74 Å². The molecule has 0 saturated carbocycles. The van der Waals surface area contributed by atoms with Crippen molar-refractivity contribution in [3.63, 3.8) is 0 Å². The zero-order valence-corrected chi connectivity index (χ0v) is 18.4. The molecule has 8 heteroatoms. The molecule has 2 aliphatic rings. The maximum atomic E-state index is 10.5. The molecule has 2 N–H and O–H groups in total. The zero-order chi connectivity index (χ0) is 21.8. The minimum atomic E-state index is -0.496. The average molecular weight is 437 g/mol. The van der Waals surface area contributed by atoms with Gasteiger partial charge in [-0.25, -0.2) is 4.98 Å². The summed E-state index contributed by atoms with van der Waals surface area (Å²) in [6.07, 6.45) is 9.22. The van der Waals surface area contributed by atoms with E-state index in [1.54, 1.807) is 0 Å². The van der Waals surface area contributed by atoms with E-state index in [9.17, 15) is 5.11 Å². The van der Waals surface area contributed by atoms with Crippen LogP contribution in [0.5, 0.6) is 5.75 Å². The van der Waals surface area contributed by atoms with Crippen LogP contribution in [0.1, 0.15) is 36.2 Å². The lowest BCUT2D eigenvalue weighted by Crippen LogP contribution is -2.47. The van der Waals surface area contributed by atoms with E-state index in [-0.39, 0.29) is 0 Å². The van der Waals surface area contributed by atoms with Crippen molar-refractivity contribution >= 4 is 0 Å². The van der Waals surface area contributed by atoms with Gasteiger partial charge in [0.1, 0.15) is 24.3 Å². The third-order valence-electron chi connectivity index (χ3n) is 6.55. The molecule has 1 aromatic carbocycles. The predicted molar refractivity (Wildman–Crippen MR) is 121 cm³/mol. The van der Waals surface area contributed by atoms with Crippen molar-refractivity contribution in [2.24, 2.45) is 0 Å². The Hall–Kier alpha value is -2.68. The fourth-order valence-electron chi connectivity index (χ4n) is 4.76. The molecule has 5 rings (SSSR count). The SMILES string of the molecule is OC(COc1cccc(CN2CC(n3cccn3)C2)c1)CN1CCC(c2ncc[nH]2)CC1. The highest BCUT2D eigenvalue weighted by Gasteiger charge is 2.28. The highest BCUT2D eigenvalue weighted by atomic mass is 16.5. The number of imidazole rings is 1. The Kier molecular flexibility index (Phi) is 6.52. The second-order valence-electron chi connectivity index (χ2n) is 9.00. The smallest absolute Gasteiger partial charge is 0.119 e. The minimum Gasteiger partial charge on any atom is -0.491 e. The van der Waals surface area contributed by atoms with Crippen LogP contribution in [-0.4, -0.2) is 80.1 Å². The first-order valence-corrected chi connectivity index (χ1v) is 11.6. The number of aromatic nitrogens is 4. The lowest BCUT2D eigenvalue weighted by Gasteiger charge is -2.39. The second kappa shape index (κ2) is 9.85. The molecule has 0 aliphatic carbocycles. The summed E-state index contributed by atoms with van der Waals surface area (Å²) in [7, 11) is 0. The number of aromatic amines is 1. The third-order valence-corrected chi connectivity index (χ3v) is 6.55. The molecule has 2 aliphatic heterocycles. The maximum absolute atomic E-state index is 10.5. The van der Waals surface area contributed by atoms with Crippen LogP contribution in [0.25, 0.3) is 0 Å². The molecule has 0 radical (unpaired) electrons. The van der Waals surface area contributed by atoms with Crippen LogP contribution in [-0.2, 0) is 6.54 Å². The fourth-order valence-corrected chi connectivity index (χ4v) is 4.76. The third kappa shape index (κ3) is 5.20. The van der Waals surface area contributed by atoms with Gasteiger partial charge >= 0.3 is 0 Å². The second-order valence-corrected chi connectivity index (χ2v) is 9.00. The molecule has 3 aromatic rings. The van der Waals surface area contributed by atoms with Gasteiger partial charge in [0.25, 0.3) is 0 Å². The Morgan fingerprint density at radius 3 is 2.75 bits per heavy atom. The first-order valence-electron chi connectivity index (χ1n) is 11.6. The molecule has 32 heavy (non-hydrogen) atoms. The average Bonchev–Trinajstić information content (AvgIpc) is 3.50. The fraction of sp³-hybridized carbons (Fsp3) is 0.500. The molecule has 1 atom stereocenters. The summed E-state index contributed by atoms with van der Waals surface area (Å²) in [5.41, 5.74) is 1.23. The van der Waals surface area contributed by atoms with E-state index in [1.807, 2.05) is 47.7 Å². The van der Waals surface area contributed by atoms with Crippen molar-refractivity contribution in [2.75, 3.05) is 39.3 Å². The zero-order valence-electron chi connectivity index (χ0n) is 18.4. The van der Waals surface area contributed by atoms with E-state index in [1.165, 1.54) is 5.56 Å². The lowest BCUT2D eigenvalue weighted by atomic mass is 9.96. The molecule has 1 unspecified atom stereocenters. The summed E-state index contributed by atoms with van der Waals surface area (Å²) in [5.74, 6) is 2.41. The number of piperidine rings is 1. The Bertz CT molecular complexity index is 947. The predicted octanol–water partition coefficient (Wildman–Crippen LogP) is 2.28. The molecule has 0 bridgehead atoms. The number of ether oxygens (including phenoxy) is 1. The van der Waals surface area contributed by atoms with Crippen molar-refractivity contribution in [1.29, 1.82) is 0 Å². The van der Waals surface area contributed by atoms with Crippen LogP contribution in [0.4, 0.5) is 0 Å². The molecule has 8 nitrogen and oxygen atoms in total. The van der Waals surface area contributed by atoms with Gasteiger partial charge in [0, 0.05) is 56.9 Å². The summed E-state index contributed by atoms with van der Waals surface area (Å²) >= 11 is 0. The number of benzene rings is 1. The van der Waals surface area contributed by atoms with Gasteiger partial charge in [-0.1, -0.05) is 12.1 Å². The highest BCUT2D eigenvalue weighted by Crippen LogP contribution is 2.26. The normalized spacial score (nSPS) is 19.7. The number of aliphatic hydroxyl groups excluding tert-OH is 1. The Morgan fingerprint density at radius 2 is 2.00 bits per heavy atom. The largest absolute Gasteiger partial charge is 0.491 e. The molecular formula is C24H32N6O2. The van der Waals surface area contributed by atoms with Crippen molar-refractivity contribution in [2.45, 2.75) is 37.5 Å². The number of hydrogen-bond donors (Lipinski definition) is 2. The van der Waals surface area contributed by atoms with Gasteiger partial charge in [-0.15, -0.1) is 0 Å². The van der Waals surface area contributed by atoms with Gasteiger partial charge < -0.3 is 19.7 Å². The quantitative estimate of drug-likeness (QED) is 0.536. The number of H-pyrrole nitrogens is 1. The van der Waals surface area contributed by atoms with Crippen molar-refractivity contribution in [3.05, 3.63) is 66.5 Å². The summed E-state index contributed by atoms with van der Waals surface area (Å²) in [5, 5.41) is 14.8. The van der Waals surface area contributed by atoms with E-state index >= 15 is 0 Å². The molecule has 170 valence electrons. The van der Waals surface area contributed by atoms with E-state index < -0.39 is 6.10 Å². The number of likely N-dealkylation sites (tertiary alicyclic amines) is 2. The summed E-state index contributed by atoms with van der Waals surface area (Å²) in [4.78, 5) is 12.3. The molecule has 2 fully saturated rings. The van der Waals surface area contributed by atoms with E-state index in [0.717, 1.165) is 57.1 Å². The van der Waals surface area contributed by atoms with Gasteiger partial charge in [0.15, 0.2) is 0 Å². The molecule has 2 aromatic heterocycles. The van der Waals surface area contributed by atoms with Gasteiger partial charge in [0.05, 0.1) is 6.04 Å². The summed E-state index contributed by atoms with van der Waals surface area (Å²) < 4.78 is 7.96. The van der Waals surface area contributed by atoms with Gasteiger partial charge in [-0.05, 0) is 49.7 Å². The van der Waals surface area contributed by atoms with Crippen molar-refractivity contribution in [1.82, 2.24) is 29.5 Å². The number of rotatable bonds is 9. The summed E-state index contributed by atoms with van der Waals surface area (Å²) in [6, 6.07) is 10.7. The number of β-amino-alcohol motifs (C(OH)–C–C–N with tert-alkyl or cyclic N) is 1. The topological polar surface area (TPSA) is 82.4 Å². The van der Waals surface area contributed by atoms with Crippen LogP contribution in [0.2, 0.25) is 0 Å². The van der Waals surface area contributed by atoms with Crippen LogP contribution in [0.15, 0.2) is 55.1 Å².